The van der Waals surface area contributed by atoms with Gasteiger partial charge in [0.25, 0.3) is 0 Å². The Hall–Kier alpha value is -2.58. The van der Waals surface area contributed by atoms with Crippen LogP contribution in [0.1, 0.15) is 35.1 Å². The van der Waals surface area contributed by atoms with Crippen molar-refractivity contribution < 1.29 is 27.4 Å². The number of aromatic nitrogens is 3. The summed E-state index contributed by atoms with van der Waals surface area (Å²) in [6.45, 7) is 1.91. The van der Waals surface area contributed by atoms with Crippen molar-refractivity contribution in [1.82, 2.24) is 15.0 Å². The third-order valence-corrected chi connectivity index (χ3v) is 3.60. The number of esters is 1. The van der Waals surface area contributed by atoms with E-state index in [1.807, 2.05) is 0 Å². The van der Waals surface area contributed by atoms with Crippen LogP contribution in [0.25, 0.3) is 5.69 Å². The molecule has 0 amide bonds. The lowest BCUT2D eigenvalue weighted by atomic mass is 10.1. The summed E-state index contributed by atoms with van der Waals surface area (Å²) in [7, 11) is 0. The molecule has 0 fully saturated rings. The first-order valence-electron chi connectivity index (χ1n) is 7.40. The molecule has 0 N–H and O–H groups in total. The lowest BCUT2D eigenvalue weighted by Crippen LogP contribution is -2.17. The molecule has 0 radical (unpaired) electrons. The van der Waals surface area contributed by atoms with Gasteiger partial charge in [-0.3, -0.25) is 0 Å². The molecule has 0 aliphatic carbocycles. The molecule has 1 aliphatic heterocycles. The number of ether oxygens (including phenoxy) is 2. The van der Waals surface area contributed by atoms with E-state index in [0.29, 0.717) is 36.2 Å². The van der Waals surface area contributed by atoms with E-state index in [-0.39, 0.29) is 18.1 Å². The fourth-order valence-corrected chi connectivity index (χ4v) is 2.69. The molecule has 2 aromatic rings. The minimum Gasteiger partial charge on any atom is -0.461 e. The van der Waals surface area contributed by atoms with Crippen molar-refractivity contribution >= 4 is 5.97 Å². The highest BCUT2D eigenvalue weighted by atomic mass is 19.4. The van der Waals surface area contributed by atoms with E-state index in [9.17, 15) is 18.0 Å². The smallest absolute Gasteiger partial charge is 0.461 e. The molecule has 0 atom stereocenters. The van der Waals surface area contributed by atoms with Crippen LogP contribution in [0.2, 0.25) is 0 Å². The second-order valence-corrected chi connectivity index (χ2v) is 5.21. The predicted molar refractivity (Wildman–Crippen MR) is 76.0 cm³/mol. The van der Waals surface area contributed by atoms with Gasteiger partial charge in [0.05, 0.1) is 18.0 Å². The summed E-state index contributed by atoms with van der Waals surface area (Å²) in [6.07, 6.45) is -3.04. The molecule has 1 aromatic heterocycles. The Bertz CT molecular complexity index is 771. The third kappa shape index (κ3) is 3.19. The van der Waals surface area contributed by atoms with Gasteiger partial charge in [-0.15, -0.1) is 18.3 Å². The first kappa shape index (κ1) is 16.3. The number of carbonyl (C=O) groups is 1. The number of hydrogen-bond donors (Lipinski definition) is 0. The summed E-state index contributed by atoms with van der Waals surface area (Å²) in [5.41, 5.74) is 1.97. The van der Waals surface area contributed by atoms with Crippen molar-refractivity contribution in [3.8, 4) is 11.4 Å². The quantitative estimate of drug-likeness (QED) is 0.803. The number of alkyl halides is 3. The van der Waals surface area contributed by atoms with E-state index in [1.165, 1.54) is 22.9 Å². The molecule has 1 aromatic carbocycles. The van der Waals surface area contributed by atoms with Crippen molar-refractivity contribution in [2.24, 2.45) is 0 Å². The van der Waals surface area contributed by atoms with Crippen molar-refractivity contribution in [3.05, 3.63) is 35.2 Å². The minimum atomic E-state index is -4.74. The zero-order chi connectivity index (χ0) is 17.3. The molecule has 0 spiro atoms. The second-order valence-electron chi connectivity index (χ2n) is 5.21. The van der Waals surface area contributed by atoms with Gasteiger partial charge in [-0.1, -0.05) is 5.21 Å². The summed E-state index contributed by atoms with van der Waals surface area (Å²) in [5, 5.41) is 7.83. The monoisotopic (exact) mass is 341 g/mol. The average Bonchev–Trinajstić information content (AvgIpc) is 2.82. The highest BCUT2D eigenvalue weighted by Gasteiger charge is 2.32. The molecule has 0 saturated carbocycles. The number of halogens is 3. The van der Waals surface area contributed by atoms with Gasteiger partial charge in [-0.05, 0) is 49.9 Å². The maximum absolute atomic E-state index is 12.4. The third-order valence-electron chi connectivity index (χ3n) is 3.60. The lowest BCUT2D eigenvalue weighted by molar-refractivity contribution is -0.274. The standard InChI is InChI=1S/C15H14F3N3O3/c1-2-23-14(22)13-12-5-3-4-9-8-10(24-15(16,17)18)6-7-11(9)21(12)20-19-13/h6-8H,2-5H2,1H3. The van der Waals surface area contributed by atoms with Gasteiger partial charge in [0.15, 0.2) is 5.69 Å². The Kier molecular flexibility index (Phi) is 4.16. The van der Waals surface area contributed by atoms with E-state index < -0.39 is 12.3 Å². The van der Waals surface area contributed by atoms with Crippen LogP contribution in [0.15, 0.2) is 18.2 Å². The zero-order valence-corrected chi connectivity index (χ0v) is 12.8. The van der Waals surface area contributed by atoms with Crippen molar-refractivity contribution in [2.45, 2.75) is 32.5 Å². The van der Waals surface area contributed by atoms with Crippen molar-refractivity contribution in [2.75, 3.05) is 6.61 Å². The van der Waals surface area contributed by atoms with Crippen LogP contribution in [-0.2, 0) is 17.6 Å². The van der Waals surface area contributed by atoms with Gasteiger partial charge in [0, 0.05) is 0 Å². The number of benzene rings is 1. The lowest BCUT2D eigenvalue weighted by Gasteiger charge is -2.12. The molecule has 9 heteroatoms. The summed E-state index contributed by atoms with van der Waals surface area (Å²) in [6, 6.07) is 4.03. The van der Waals surface area contributed by atoms with Gasteiger partial charge >= 0.3 is 12.3 Å². The Balaban J connectivity index is 1.99. The highest BCUT2D eigenvalue weighted by molar-refractivity contribution is 5.88. The summed E-state index contributed by atoms with van der Waals surface area (Å²) in [4.78, 5) is 11.9. The van der Waals surface area contributed by atoms with Crippen LogP contribution < -0.4 is 4.74 Å². The molecule has 128 valence electrons. The van der Waals surface area contributed by atoms with Crippen molar-refractivity contribution in [1.29, 1.82) is 0 Å². The Morgan fingerprint density at radius 3 is 2.83 bits per heavy atom. The maximum atomic E-state index is 12.4. The maximum Gasteiger partial charge on any atom is 0.573 e. The molecule has 0 bridgehead atoms. The van der Waals surface area contributed by atoms with Gasteiger partial charge in [-0.2, -0.15) is 0 Å². The fourth-order valence-electron chi connectivity index (χ4n) is 2.69. The molecule has 24 heavy (non-hydrogen) atoms. The minimum absolute atomic E-state index is 0.139. The van der Waals surface area contributed by atoms with E-state index in [1.54, 1.807) is 6.92 Å². The van der Waals surface area contributed by atoms with Crippen LogP contribution in [0.3, 0.4) is 0 Å². The summed E-state index contributed by atoms with van der Waals surface area (Å²) in [5.74, 6) is -0.838. The van der Waals surface area contributed by atoms with Crippen LogP contribution in [0, 0.1) is 0 Å². The van der Waals surface area contributed by atoms with E-state index in [4.69, 9.17) is 4.74 Å². The summed E-state index contributed by atoms with van der Waals surface area (Å²) >= 11 is 0. The molecule has 0 unspecified atom stereocenters. The number of hydrogen-bond acceptors (Lipinski definition) is 5. The molecule has 6 nitrogen and oxygen atoms in total. The van der Waals surface area contributed by atoms with Gasteiger partial charge in [0.2, 0.25) is 0 Å². The van der Waals surface area contributed by atoms with Crippen LogP contribution >= 0.6 is 0 Å². The Morgan fingerprint density at radius 1 is 1.33 bits per heavy atom. The van der Waals surface area contributed by atoms with Gasteiger partial charge in [0.1, 0.15) is 5.75 Å². The van der Waals surface area contributed by atoms with Gasteiger partial charge in [-0.25, -0.2) is 9.48 Å². The van der Waals surface area contributed by atoms with Crippen LogP contribution in [-0.4, -0.2) is 33.9 Å². The fraction of sp³-hybridized carbons (Fsp3) is 0.400. The molecular weight excluding hydrogens is 327 g/mol. The van der Waals surface area contributed by atoms with Crippen molar-refractivity contribution in [3.63, 3.8) is 0 Å². The normalized spacial score (nSPS) is 13.7. The Labute approximate surface area is 135 Å². The molecule has 3 rings (SSSR count). The highest BCUT2D eigenvalue weighted by Crippen LogP contribution is 2.30. The SMILES string of the molecule is CCOC(=O)c1nnn2c1CCCc1cc(OC(F)(F)F)ccc1-2. The summed E-state index contributed by atoms with van der Waals surface area (Å²) < 4.78 is 47.5. The molecule has 0 saturated heterocycles. The number of aryl methyl sites for hydroxylation is 1. The topological polar surface area (TPSA) is 66.2 Å². The van der Waals surface area contributed by atoms with E-state index >= 15 is 0 Å². The number of rotatable bonds is 3. The van der Waals surface area contributed by atoms with Gasteiger partial charge < -0.3 is 9.47 Å². The van der Waals surface area contributed by atoms with Crippen LogP contribution in [0.4, 0.5) is 13.2 Å². The molecule has 2 heterocycles. The molecular formula is C15H14F3N3O3. The largest absolute Gasteiger partial charge is 0.573 e. The van der Waals surface area contributed by atoms with E-state index in [2.05, 4.69) is 15.0 Å². The van der Waals surface area contributed by atoms with E-state index in [0.717, 1.165) is 0 Å². The second kappa shape index (κ2) is 6.14. The first-order valence-corrected chi connectivity index (χ1v) is 7.40. The average molecular weight is 341 g/mol. The number of fused-ring (bicyclic) bond motifs is 3. The predicted octanol–water partition coefficient (Wildman–Crippen LogP) is 2.83. The number of carbonyl (C=O) groups excluding carboxylic acids is 1. The molecule has 1 aliphatic rings. The first-order chi connectivity index (χ1) is 11.4. The number of nitrogens with zero attached hydrogens (tertiary/aromatic N) is 3. The Morgan fingerprint density at radius 2 is 2.12 bits per heavy atom. The van der Waals surface area contributed by atoms with Crippen LogP contribution in [0.5, 0.6) is 5.75 Å². The zero-order valence-electron chi connectivity index (χ0n) is 12.8.